The molecule has 1 N–H and O–H groups in total. The summed E-state index contributed by atoms with van der Waals surface area (Å²) in [6.07, 6.45) is 0. The number of hydrogen-bond acceptors (Lipinski definition) is 2. The van der Waals surface area contributed by atoms with Crippen molar-refractivity contribution in [3.63, 3.8) is 0 Å². The predicted molar refractivity (Wildman–Crippen MR) is 48.9 cm³/mol. The summed E-state index contributed by atoms with van der Waals surface area (Å²) in [4.78, 5) is 10.3. The van der Waals surface area contributed by atoms with Crippen LogP contribution < -0.4 is 4.74 Å². The van der Waals surface area contributed by atoms with Crippen LogP contribution in [-0.4, -0.2) is 11.1 Å². The quantitative estimate of drug-likeness (QED) is 0.599. The van der Waals surface area contributed by atoms with Crippen LogP contribution in [0.25, 0.3) is 0 Å². The van der Waals surface area contributed by atoms with Crippen molar-refractivity contribution in [2.75, 3.05) is 0 Å². The molecule has 0 amide bonds. The van der Waals surface area contributed by atoms with Gasteiger partial charge in [0, 0.05) is 5.02 Å². The summed E-state index contributed by atoms with van der Waals surface area (Å²) >= 11 is 5.62. The van der Waals surface area contributed by atoms with E-state index in [0.29, 0.717) is 10.8 Å². The monoisotopic (exact) mass is 198 g/mol. The first-order chi connectivity index (χ1) is 6.09. The summed E-state index contributed by atoms with van der Waals surface area (Å²) in [5.74, 6) is -1.10. The van der Waals surface area contributed by atoms with Gasteiger partial charge in [0.2, 0.25) is 5.76 Å². The predicted octanol–water partition coefficient (Wildman–Crippen LogP) is 2.32. The number of hydrogen-bond donors (Lipinski definition) is 1. The highest BCUT2D eigenvalue weighted by atomic mass is 35.5. The van der Waals surface area contributed by atoms with Crippen molar-refractivity contribution in [2.24, 2.45) is 0 Å². The summed E-state index contributed by atoms with van der Waals surface area (Å²) in [5, 5.41) is 9.01. The largest absolute Gasteiger partial charge is 0.475 e. The van der Waals surface area contributed by atoms with Crippen molar-refractivity contribution >= 4 is 17.6 Å². The zero-order valence-corrected chi connectivity index (χ0v) is 7.41. The molecule has 0 spiro atoms. The molecule has 0 fully saturated rings. The van der Waals surface area contributed by atoms with Crippen LogP contribution in [-0.2, 0) is 4.79 Å². The van der Waals surface area contributed by atoms with E-state index < -0.39 is 5.97 Å². The Morgan fingerprint density at radius 1 is 1.38 bits per heavy atom. The van der Waals surface area contributed by atoms with Crippen molar-refractivity contribution in [1.82, 2.24) is 0 Å². The first-order valence-corrected chi connectivity index (χ1v) is 3.83. The van der Waals surface area contributed by atoms with Crippen LogP contribution in [0.2, 0.25) is 5.02 Å². The Hall–Kier alpha value is -1.48. The number of aliphatic carboxylic acids is 1. The number of rotatable bonds is 3. The molecule has 13 heavy (non-hydrogen) atoms. The number of halogens is 1. The lowest BCUT2D eigenvalue weighted by Gasteiger charge is -2.03. The highest BCUT2D eigenvalue weighted by Gasteiger charge is 2.05. The second-order valence-electron chi connectivity index (χ2n) is 2.28. The van der Waals surface area contributed by atoms with Gasteiger partial charge in [-0.2, -0.15) is 0 Å². The van der Waals surface area contributed by atoms with Crippen LogP contribution in [0.4, 0.5) is 0 Å². The Morgan fingerprint density at radius 3 is 2.38 bits per heavy atom. The molecule has 0 bridgehead atoms. The molecule has 1 rings (SSSR count). The lowest BCUT2D eigenvalue weighted by atomic mass is 10.3. The maximum atomic E-state index is 10.3. The Kier molecular flexibility index (Phi) is 2.93. The van der Waals surface area contributed by atoms with Crippen LogP contribution in [0.15, 0.2) is 36.6 Å². The van der Waals surface area contributed by atoms with E-state index in [1.54, 1.807) is 24.3 Å². The van der Waals surface area contributed by atoms with E-state index in [1.165, 1.54) is 0 Å². The summed E-state index contributed by atoms with van der Waals surface area (Å²) in [6, 6.07) is 6.34. The number of benzene rings is 1. The second kappa shape index (κ2) is 3.96. The smallest absolute Gasteiger partial charge is 0.371 e. The Balaban J connectivity index is 2.70. The maximum Gasteiger partial charge on any atom is 0.371 e. The van der Waals surface area contributed by atoms with E-state index in [2.05, 4.69) is 6.58 Å². The zero-order valence-electron chi connectivity index (χ0n) is 6.66. The fourth-order valence-corrected chi connectivity index (χ4v) is 0.815. The minimum Gasteiger partial charge on any atom is -0.475 e. The molecule has 0 atom stereocenters. The second-order valence-corrected chi connectivity index (χ2v) is 2.72. The molecule has 0 aliphatic carbocycles. The van der Waals surface area contributed by atoms with Crippen molar-refractivity contribution in [3.8, 4) is 5.75 Å². The van der Waals surface area contributed by atoms with Crippen LogP contribution in [0.3, 0.4) is 0 Å². The van der Waals surface area contributed by atoms with Gasteiger partial charge in [0.05, 0.1) is 0 Å². The fourth-order valence-electron chi connectivity index (χ4n) is 0.689. The lowest BCUT2D eigenvalue weighted by molar-refractivity contribution is -0.135. The van der Waals surface area contributed by atoms with Gasteiger partial charge in [-0.15, -0.1) is 0 Å². The van der Waals surface area contributed by atoms with E-state index in [0.717, 1.165) is 0 Å². The topological polar surface area (TPSA) is 46.5 Å². The molecule has 68 valence electrons. The minimum absolute atomic E-state index is 0.317. The number of carboxylic acid groups (broad SMARTS) is 1. The lowest BCUT2D eigenvalue weighted by Crippen LogP contribution is -2.05. The normalized spacial score (nSPS) is 9.31. The summed E-state index contributed by atoms with van der Waals surface area (Å²) in [6.45, 7) is 3.22. The first-order valence-electron chi connectivity index (χ1n) is 3.45. The molecule has 0 radical (unpaired) electrons. The maximum absolute atomic E-state index is 10.3. The average Bonchev–Trinajstić information content (AvgIpc) is 2.08. The third-order valence-corrected chi connectivity index (χ3v) is 1.55. The minimum atomic E-state index is -1.19. The Labute approximate surface area is 80.2 Å². The van der Waals surface area contributed by atoms with Gasteiger partial charge in [-0.3, -0.25) is 0 Å². The van der Waals surface area contributed by atoms with Crippen LogP contribution in [0.1, 0.15) is 0 Å². The molecule has 0 aliphatic heterocycles. The van der Waals surface area contributed by atoms with Gasteiger partial charge in [-0.25, -0.2) is 4.79 Å². The van der Waals surface area contributed by atoms with Crippen molar-refractivity contribution in [3.05, 3.63) is 41.6 Å². The van der Waals surface area contributed by atoms with E-state index in [-0.39, 0.29) is 5.76 Å². The summed E-state index contributed by atoms with van der Waals surface area (Å²) in [5.41, 5.74) is 0. The SMILES string of the molecule is C=C(Oc1ccc(Cl)cc1)C(=O)O. The van der Waals surface area contributed by atoms with Gasteiger partial charge < -0.3 is 9.84 Å². The van der Waals surface area contributed by atoms with Crippen molar-refractivity contribution in [1.29, 1.82) is 0 Å². The standard InChI is InChI=1S/C9H7ClO3/c1-6(9(11)12)13-8-4-2-7(10)3-5-8/h2-5H,1H2,(H,11,12). The van der Waals surface area contributed by atoms with Crippen LogP contribution in [0, 0.1) is 0 Å². The van der Waals surface area contributed by atoms with Gasteiger partial charge in [-0.05, 0) is 30.8 Å². The van der Waals surface area contributed by atoms with Crippen molar-refractivity contribution < 1.29 is 14.6 Å². The Morgan fingerprint density at radius 2 is 1.92 bits per heavy atom. The highest BCUT2D eigenvalue weighted by Crippen LogP contribution is 2.17. The first kappa shape index (κ1) is 9.61. The van der Waals surface area contributed by atoms with E-state index >= 15 is 0 Å². The third-order valence-electron chi connectivity index (χ3n) is 1.29. The van der Waals surface area contributed by atoms with Gasteiger partial charge in [0.15, 0.2) is 0 Å². The molecule has 0 saturated heterocycles. The molecule has 0 unspecified atom stereocenters. The molecule has 0 aliphatic rings. The van der Waals surface area contributed by atoms with Gasteiger partial charge in [0.1, 0.15) is 5.75 Å². The summed E-state index contributed by atoms with van der Waals surface area (Å²) in [7, 11) is 0. The van der Waals surface area contributed by atoms with E-state index in [4.69, 9.17) is 21.4 Å². The van der Waals surface area contributed by atoms with Crippen LogP contribution >= 0.6 is 11.6 Å². The molecule has 0 saturated carbocycles. The number of carboxylic acids is 1. The van der Waals surface area contributed by atoms with Gasteiger partial charge >= 0.3 is 5.97 Å². The Bertz CT molecular complexity index is 329. The van der Waals surface area contributed by atoms with E-state index in [1.807, 2.05) is 0 Å². The fraction of sp³-hybridized carbons (Fsp3) is 0. The van der Waals surface area contributed by atoms with Crippen molar-refractivity contribution in [2.45, 2.75) is 0 Å². The molecular weight excluding hydrogens is 192 g/mol. The average molecular weight is 199 g/mol. The molecule has 0 heterocycles. The van der Waals surface area contributed by atoms with E-state index in [9.17, 15) is 4.79 Å². The van der Waals surface area contributed by atoms with Crippen LogP contribution in [0.5, 0.6) is 5.75 Å². The van der Waals surface area contributed by atoms with Gasteiger partial charge in [-0.1, -0.05) is 11.6 Å². The number of ether oxygens (including phenoxy) is 1. The molecule has 3 nitrogen and oxygen atoms in total. The highest BCUT2D eigenvalue weighted by molar-refractivity contribution is 6.30. The summed E-state index contributed by atoms with van der Waals surface area (Å²) < 4.78 is 4.88. The molecular formula is C9H7ClO3. The van der Waals surface area contributed by atoms with Gasteiger partial charge in [0.25, 0.3) is 0 Å². The zero-order chi connectivity index (χ0) is 9.84. The molecule has 0 aromatic heterocycles. The molecule has 1 aromatic carbocycles. The molecule has 4 heteroatoms. The number of carbonyl (C=O) groups is 1. The molecule has 1 aromatic rings. The third kappa shape index (κ3) is 2.80.